The number of carboxylic acid groups (broad SMARTS) is 1. The molecule has 128 valence electrons. The molecule has 1 aliphatic heterocycles. The molecule has 25 heavy (non-hydrogen) atoms. The minimum Gasteiger partial charge on any atom is -0.465 e. The molecular formula is C16H17N7O2. The number of fused-ring (bicyclic) bond motifs is 1. The van der Waals surface area contributed by atoms with Crippen LogP contribution < -0.4 is 10.6 Å². The smallest absolute Gasteiger partial charge is 0.407 e. The molecule has 0 bridgehead atoms. The van der Waals surface area contributed by atoms with Gasteiger partial charge in [-0.1, -0.05) is 12.1 Å². The van der Waals surface area contributed by atoms with Crippen molar-refractivity contribution in [2.24, 2.45) is 0 Å². The first kappa shape index (κ1) is 15.2. The number of aromatic nitrogens is 4. The van der Waals surface area contributed by atoms with E-state index in [2.05, 4.69) is 19.9 Å². The van der Waals surface area contributed by atoms with E-state index < -0.39 is 6.09 Å². The van der Waals surface area contributed by atoms with Crippen molar-refractivity contribution >= 4 is 28.8 Å². The van der Waals surface area contributed by atoms with Gasteiger partial charge in [-0.05, 0) is 12.1 Å². The maximum atomic E-state index is 11.0. The van der Waals surface area contributed by atoms with Gasteiger partial charge >= 0.3 is 6.09 Å². The number of anilines is 2. The summed E-state index contributed by atoms with van der Waals surface area (Å²) in [4.78, 5) is 31.0. The number of imidazole rings is 1. The van der Waals surface area contributed by atoms with Crippen molar-refractivity contribution in [2.45, 2.75) is 0 Å². The molecule has 1 fully saturated rings. The third-order valence-corrected chi connectivity index (χ3v) is 4.28. The predicted octanol–water partition coefficient (Wildman–Crippen LogP) is 1.40. The van der Waals surface area contributed by atoms with Crippen LogP contribution in [0.1, 0.15) is 0 Å². The van der Waals surface area contributed by atoms with E-state index in [1.54, 1.807) is 6.20 Å². The fourth-order valence-corrected chi connectivity index (χ4v) is 2.91. The Morgan fingerprint density at radius 1 is 1.16 bits per heavy atom. The molecule has 1 amide bonds. The van der Waals surface area contributed by atoms with E-state index >= 15 is 0 Å². The average molecular weight is 339 g/mol. The number of hydrogen-bond donors (Lipinski definition) is 3. The minimum atomic E-state index is -0.897. The standard InChI is InChI=1S/C16H17N7O2/c17-14-13(15-19-10-3-1-2-4-11(10)20-15)21-12(9-18-14)22-5-7-23(8-6-22)16(24)25/h1-4,9H,5-8H2,(H2,17,18)(H,19,20)(H,24,25). The van der Waals surface area contributed by atoms with Crippen LogP contribution in [0.5, 0.6) is 0 Å². The fraction of sp³-hybridized carbons (Fsp3) is 0.250. The van der Waals surface area contributed by atoms with Gasteiger partial charge in [-0.15, -0.1) is 0 Å². The second kappa shape index (κ2) is 5.93. The van der Waals surface area contributed by atoms with Crippen LogP contribution in [-0.4, -0.2) is 62.2 Å². The summed E-state index contributed by atoms with van der Waals surface area (Å²) in [5.74, 6) is 1.53. The van der Waals surface area contributed by atoms with Gasteiger partial charge in [-0.25, -0.2) is 19.7 Å². The Kier molecular flexibility index (Phi) is 3.60. The van der Waals surface area contributed by atoms with E-state index in [1.165, 1.54) is 4.90 Å². The van der Waals surface area contributed by atoms with E-state index in [-0.39, 0.29) is 0 Å². The van der Waals surface area contributed by atoms with Crippen LogP contribution in [0.25, 0.3) is 22.6 Å². The van der Waals surface area contributed by atoms with Gasteiger partial charge in [0.2, 0.25) is 0 Å². The normalized spacial score (nSPS) is 14.9. The van der Waals surface area contributed by atoms with Crippen molar-refractivity contribution in [2.75, 3.05) is 36.8 Å². The van der Waals surface area contributed by atoms with Gasteiger partial charge in [-0.3, -0.25) is 0 Å². The topological polar surface area (TPSA) is 124 Å². The average Bonchev–Trinajstić information content (AvgIpc) is 3.06. The summed E-state index contributed by atoms with van der Waals surface area (Å²) in [6, 6.07) is 7.69. The Balaban J connectivity index is 1.64. The van der Waals surface area contributed by atoms with Crippen LogP contribution in [0.4, 0.5) is 16.4 Å². The Hall–Kier alpha value is -3.36. The Morgan fingerprint density at radius 3 is 2.64 bits per heavy atom. The van der Waals surface area contributed by atoms with Gasteiger partial charge in [0.1, 0.15) is 5.82 Å². The third kappa shape index (κ3) is 2.80. The molecule has 0 aliphatic carbocycles. The zero-order valence-corrected chi connectivity index (χ0v) is 13.4. The molecule has 0 radical (unpaired) electrons. The highest BCUT2D eigenvalue weighted by Crippen LogP contribution is 2.25. The molecule has 2 aromatic heterocycles. The fourth-order valence-electron chi connectivity index (χ4n) is 2.91. The second-order valence-electron chi connectivity index (χ2n) is 5.82. The minimum absolute atomic E-state index is 0.298. The highest BCUT2D eigenvalue weighted by molar-refractivity contribution is 5.80. The third-order valence-electron chi connectivity index (χ3n) is 4.28. The number of nitrogen functional groups attached to an aromatic ring is 1. The largest absolute Gasteiger partial charge is 0.465 e. The number of piperazine rings is 1. The number of carbonyl (C=O) groups is 1. The lowest BCUT2D eigenvalue weighted by Crippen LogP contribution is -2.48. The van der Waals surface area contributed by atoms with E-state index in [4.69, 9.17) is 10.8 Å². The zero-order valence-electron chi connectivity index (χ0n) is 13.4. The first-order valence-corrected chi connectivity index (χ1v) is 7.92. The number of para-hydroxylation sites is 2. The maximum Gasteiger partial charge on any atom is 0.407 e. The second-order valence-corrected chi connectivity index (χ2v) is 5.82. The summed E-state index contributed by atoms with van der Waals surface area (Å²) in [5.41, 5.74) is 8.23. The van der Waals surface area contributed by atoms with Crippen molar-refractivity contribution in [1.29, 1.82) is 0 Å². The molecule has 0 saturated carbocycles. The van der Waals surface area contributed by atoms with E-state index in [0.29, 0.717) is 49.3 Å². The first-order chi connectivity index (χ1) is 12.1. The Bertz CT molecular complexity index is 898. The monoisotopic (exact) mass is 339 g/mol. The van der Waals surface area contributed by atoms with Crippen LogP contribution in [0.2, 0.25) is 0 Å². The molecule has 0 spiro atoms. The van der Waals surface area contributed by atoms with Crippen molar-refractivity contribution in [3.05, 3.63) is 30.5 Å². The molecule has 9 nitrogen and oxygen atoms in total. The number of H-pyrrole nitrogens is 1. The van der Waals surface area contributed by atoms with Gasteiger partial charge in [0, 0.05) is 26.2 Å². The molecule has 1 aromatic carbocycles. The van der Waals surface area contributed by atoms with Gasteiger partial charge in [0.25, 0.3) is 0 Å². The van der Waals surface area contributed by atoms with Gasteiger partial charge in [-0.2, -0.15) is 0 Å². The van der Waals surface area contributed by atoms with Gasteiger partial charge in [0.05, 0.1) is 17.2 Å². The molecule has 1 saturated heterocycles. The number of hydrogen-bond acceptors (Lipinski definition) is 6. The zero-order chi connectivity index (χ0) is 17.4. The Labute approximate surface area is 143 Å². The van der Waals surface area contributed by atoms with E-state index in [0.717, 1.165) is 11.0 Å². The van der Waals surface area contributed by atoms with Crippen molar-refractivity contribution in [3.8, 4) is 11.5 Å². The van der Waals surface area contributed by atoms with Gasteiger partial charge in [0.15, 0.2) is 17.3 Å². The lowest BCUT2D eigenvalue weighted by Gasteiger charge is -2.33. The number of nitrogens with two attached hydrogens (primary N) is 1. The van der Waals surface area contributed by atoms with E-state index in [1.807, 2.05) is 29.2 Å². The maximum absolute atomic E-state index is 11.0. The summed E-state index contributed by atoms with van der Waals surface area (Å²) in [7, 11) is 0. The molecule has 1 aliphatic rings. The van der Waals surface area contributed by atoms with Crippen LogP contribution >= 0.6 is 0 Å². The van der Waals surface area contributed by atoms with Crippen LogP contribution in [0.15, 0.2) is 30.5 Å². The molecular weight excluding hydrogens is 322 g/mol. The first-order valence-electron chi connectivity index (χ1n) is 7.92. The summed E-state index contributed by atoms with van der Waals surface area (Å²) in [6.45, 7) is 1.98. The molecule has 0 unspecified atom stereocenters. The number of rotatable bonds is 2. The van der Waals surface area contributed by atoms with Crippen molar-refractivity contribution < 1.29 is 9.90 Å². The van der Waals surface area contributed by atoms with Crippen LogP contribution in [-0.2, 0) is 0 Å². The highest BCUT2D eigenvalue weighted by atomic mass is 16.4. The molecule has 3 aromatic rings. The number of amides is 1. The molecule has 3 heterocycles. The molecule has 4 N–H and O–H groups in total. The number of benzene rings is 1. The van der Waals surface area contributed by atoms with Crippen LogP contribution in [0, 0.1) is 0 Å². The summed E-state index contributed by atoms with van der Waals surface area (Å²) in [5, 5.41) is 9.04. The lowest BCUT2D eigenvalue weighted by molar-refractivity contribution is 0.142. The van der Waals surface area contributed by atoms with Crippen LogP contribution in [0.3, 0.4) is 0 Å². The lowest BCUT2D eigenvalue weighted by atomic mass is 10.3. The van der Waals surface area contributed by atoms with E-state index in [9.17, 15) is 4.79 Å². The summed E-state index contributed by atoms with van der Waals surface area (Å²) >= 11 is 0. The van der Waals surface area contributed by atoms with Gasteiger partial charge < -0.3 is 25.6 Å². The molecule has 4 rings (SSSR count). The molecule has 9 heteroatoms. The number of aromatic amines is 1. The number of nitrogens with one attached hydrogen (secondary N) is 1. The number of nitrogens with zero attached hydrogens (tertiary/aromatic N) is 5. The summed E-state index contributed by atoms with van der Waals surface area (Å²) in [6.07, 6.45) is 0.712. The summed E-state index contributed by atoms with van der Waals surface area (Å²) < 4.78 is 0. The van der Waals surface area contributed by atoms with Crippen molar-refractivity contribution in [1.82, 2.24) is 24.8 Å². The quantitative estimate of drug-likeness (QED) is 0.644. The van der Waals surface area contributed by atoms with Crippen molar-refractivity contribution in [3.63, 3.8) is 0 Å². The predicted molar refractivity (Wildman–Crippen MR) is 93.3 cm³/mol. The molecule has 0 atom stereocenters. The highest BCUT2D eigenvalue weighted by Gasteiger charge is 2.22. The SMILES string of the molecule is Nc1ncc(N2CCN(C(=O)O)CC2)nc1-c1nc2ccccc2[nH]1. The Morgan fingerprint density at radius 2 is 1.92 bits per heavy atom.